The number of hydrogen-bond acceptors (Lipinski definition) is 12. The molecule has 0 saturated carbocycles. The maximum atomic E-state index is 7.91. The van der Waals surface area contributed by atoms with Crippen LogP contribution < -0.4 is 11.5 Å². The molecule has 4 aromatic heterocycles. The molecule has 0 fully saturated rings. The van der Waals surface area contributed by atoms with Crippen LogP contribution in [0.3, 0.4) is 0 Å². The SMILES string of the molecule is CC(C)CCc1nc(C(N)CC(N(C)C)C(N)(CCN(C)C)c2nc(CCC(C)C)nc3ccc(-c4cnco4)cc23)c2cc(-c3cnco3)ccc2n1. The Labute approximate surface area is 318 Å². The molecule has 4 heterocycles. The summed E-state index contributed by atoms with van der Waals surface area (Å²) in [4.78, 5) is 33.3. The number of benzene rings is 2. The van der Waals surface area contributed by atoms with Crippen LogP contribution in [0, 0.1) is 11.8 Å². The molecule has 0 aliphatic rings. The lowest BCUT2D eigenvalue weighted by Crippen LogP contribution is -2.57. The number of fused-ring (bicyclic) bond motifs is 2. The molecule has 0 aliphatic carbocycles. The molecule has 6 rings (SSSR count). The van der Waals surface area contributed by atoms with Crippen molar-refractivity contribution >= 4 is 21.8 Å². The molecule has 0 bridgehead atoms. The summed E-state index contributed by atoms with van der Waals surface area (Å²) in [7, 11) is 8.29. The molecule has 4 N–H and O–H groups in total. The number of likely N-dealkylation sites (N-methyl/N-ethyl adjacent to an activating group) is 1. The first kappa shape index (κ1) is 39.1. The fraction of sp³-hybridized carbons (Fsp3) is 0.476. The van der Waals surface area contributed by atoms with Crippen molar-refractivity contribution < 1.29 is 8.83 Å². The number of hydrogen-bond donors (Lipinski definition) is 2. The fourth-order valence-corrected chi connectivity index (χ4v) is 7.18. The summed E-state index contributed by atoms with van der Waals surface area (Å²) < 4.78 is 11.4. The summed E-state index contributed by atoms with van der Waals surface area (Å²) >= 11 is 0. The molecular weight excluding hydrogens is 677 g/mol. The van der Waals surface area contributed by atoms with E-state index in [1.807, 2.05) is 24.3 Å². The van der Waals surface area contributed by atoms with Crippen molar-refractivity contribution in [3.05, 3.63) is 84.6 Å². The summed E-state index contributed by atoms with van der Waals surface area (Å²) in [6, 6.07) is 11.5. The highest BCUT2D eigenvalue weighted by molar-refractivity contribution is 5.87. The zero-order valence-electron chi connectivity index (χ0n) is 33.1. The van der Waals surface area contributed by atoms with Crippen LogP contribution in [0.5, 0.6) is 0 Å². The molecule has 286 valence electrons. The molecule has 3 unspecified atom stereocenters. The third-order valence-electron chi connectivity index (χ3n) is 10.3. The van der Waals surface area contributed by atoms with Gasteiger partial charge in [0.1, 0.15) is 11.6 Å². The predicted octanol–water partition coefficient (Wildman–Crippen LogP) is 7.19. The van der Waals surface area contributed by atoms with Gasteiger partial charge in [-0.25, -0.2) is 29.9 Å². The van der Waals surface area contributed by atoms with E-state index in [-0.39, 0.29) is 6.04 Å². The summed E-state index contributed by atoms with van der Waals surface area (Å²) in [5.74, 6) is 3.94. The van der Waals surface area contributed by atoms with E-state index in [1.165, 1.54) is 12.8 Å². The van der Waals surface area contributed by atoms with Gasteiger partial charge in [0.05, 0.1) is 40.4 Å². The van der Waals surface area contributed by atoms with E-state index in [9.17, 15) is 0 Å². The lowest BCUT2D eigenvalue weighted by atomic mass is 9.78. The molecule has 0 amide bonds. The molecule has 3 atom stereocenters. The van der Waals surface area contributed by atoms with Crippen molar-refractivity contribution in [3.8, 4) is 22.6 Å². The number of nitrogens with zero attached hydrogens (tertiary/aromatic N) is 8. The van der Waals surface area contributed by atoms with E-state index < -0.39 is 11.6 Å². The largest absolute Gasteiger partial charge is 0.444 e. The van der Waals surface area contributed by atoms with E-state index >= 15 is 0 Å². The van der Waals surface area contributed by atoms with Gasteiger partial charge in [-0.05, 0) is 109 Å². The maximum absolute atomic E-state index is 7.91. The molecule has 0 saturated heterocycles. The monoisotopic (exact) mass is 732 g/mol. The van der Waals surface area contributed by atoms with Gasteiger partial charge in [0.25, 0.3) is 0 Å². The van der Waals surface area contributed by atoms with E-state index in [4.69, 9.17) is 40.2 Å². The van der Waals surface area contributed by atoms with Crippen molar-refractivity contribution in [2.24, 2.45) is 23.3 Å². The topological polar surface area (TPSA) is 162 Å². The third-order valence-corrected chi connectivity index (χ3v) is 10.3. The summed E-state index contributed by atoms with van der Waals surface area (Å²) in [6.07, 6.45) is 10.9. The average Bonchev–Trinajstić information content (AvgIpc) is 3.89. The fourth-order valence-electron chi connectivity index (χ4n) is 7.18. The number of aryl methyl sites for hydroxylation is 2. The van der Waals surface area contributed by atoms with E-state index in [2.05, 4.69) is 87.8 Å². The van der Waals surface area contributed by atoms with Gasteiger partial charge in [-0.3, -0.25) is 0 Å². The van der Waals surface area contributed by atoms with Gasteiger partial charge in [-0.15, -0.1) is 0 Å². The highest BCUT2D eigenvalue weighted by atomic mass is 16.3. The minimum atomic E-state index is -0.951. The van der Waals surface area contributed by atoms with Crippen LogP contribution in [0.25, 0.3) is 44.5 Å². The molecule has 2 aromatic carbocycles. The number of nitrogens with two attached hydrogens (primary N) is 2. The van der Waals surface area contributed by atoms with Crippen molar-refractivity contribution in [1.82, 2.24) is 39.7 Å². The molecule has 12 nitrogen and oxygen atoms in total. The van der Waals surface area contributed by atoms with Gasteiger partial charge in [0.2, 0.25) is 0 Å². The van der Waals surface area contributed by atoms with Crippen LogP contribution in [-0.4, -0.2) is 80.5 Å². The normalized spacial score (nSPS) is 14.6. The van der Waals surface area contributed by atoms with Gasteiger partial charge < -0.3 is 30.1 Å². The van der Waals surface area contributed by atoms with Gasteiger partial charge in [-0.2, -0.15) is 0 Å². The maximum Gasteiger partial charge on any atom is 0.181 e. The van der Waals surface area contributed by atoms with Gasteiger partial charge in [0, 0.05) is 46.8 Å². The van der Waals surface area contributed by atoms with Crippen molar-refractivity contribution in [3.63, 3.8) is 0 Å². The standard InChI is InChI=1S/C42H56N10O2/c1-26(2)9-15-38-47-33-13-11-28(35-22-45-24-53-35)19-30(33)40(49-38)32(43)21-37(52(7)8)42(44,17-18-51(5)6)41-31-20-29(36-23-46-25-54-36)12-14-34(31)48-39(50-41)16-10-27(3)4/h11-14,19-20,22-27,32,37H,9-10,15-18,21,43-44H2,1-8H3. The Hall–Kier alpha value is -4.62. The Bertz CT molecular complexity index is 2130. The van der Waals surface area contributed by atoms with E-state index in [1.54, 1.807) is 12.4 Å². The van der Waals surface area contributed by atoms with E-state index in [0.717, 1.165) is 88.2 Å². The molecule has 0 spiro atoms. The van der Waals surface area contributed by atoms with Crippen LogP contribution in [0.15, 0.2) is 70.4 Å². The second-order valence-electron chi connectivity index (χ2n) is 16.0. The molecule has 0 radical (unpaired) electrons. The summed E-state index contributed by atoms with van der Waals surface area (Å²) in [5.41, 5.74) is 19.4. The lowest BCUT2D eigenvalue weighted by Gasteiger charge is -2.43. The smallest absolute Gasteiger partial charge is 0.181 e. The third kappa shape index (κ3) is 8.84. The molecule has 12 heteroatoms. The van der Waals surface area contributed by atoms with Crippen LogP contribution in [0.1, 0.15) is 82.5 Å². The molecule has 0 aliphatic heterocycles. The zero-order valence-corrected chi connectivity index (χ0v) is 33.1. The zero-order chi connectivity index (χ0) is 38.6. The second-order valence-corrected chi connectivity index (χ2v) is 16.0. The quantitative estimate of drug-likeness (QED) is 0.0973. The van der Waals surface area contributed by atoms with Gasteiger partial charge >= 0.3 is 0 Å². The number of rotatable bonds is 17. The van der Waals surface area contributed by atoms with Gasteiger partial charge in [0.15, 0.2) is 24.3 Å². The first-order valence-corrected chi connectivity index (χ1v) is 19.1. The second kappa shape index (κ2) is 16.8. The Morgan fingerprint density at radius 1 is 0.722 bits per heavy atom. The Morgan fingerprint density at radius 3 is 1.76 bits per heavy atom. The van der Waals surface area contributed by atoms with Crippen LogP contribution in [-0.2, 0) is 18.4 Å². The summed E-state index contributed by atoms with van der Waals surface area (Å²) in [6.45, 7) is 9.61. The molecular formula is C42H56N10O2. The van der Waals surface area contributed by atoms with Crippen LogP contribution in [0.2, 0.25) is 0 Å². The molecule has 6 aromatic rings. The minimum Gasteiger partial charge on any atom is -0.444 e. The van der Waals surface area contributed by atoms with Crippen molar-refractivity contribution in [1.29, 1.82) is 0 Å². The van der Waals surface area contributed by atoms with E-state index in [0.29, 0.717) is 36.2 Å². The average molecular weight is 733 g/mol. The Balaban J connectivity index is 1.50. The van der Waals surface area contributed by atoms with Crippen molar-refractivity contribution in [2.75, 3.05) is 34.7 Å². The first-order chi connectivity index (χ1) is 25.8. The number of oxazole rings is 2. The van der Waals surface area contributed by atoms with Crippen LogP contribution >= 0.6 is 0 Å². The minimum absolute atomic E-state index is 0.251. The first-order valence-electron chi connectivity index (χ1n) is 19.1. The van der Waals surface area contributed by atoms with Crippen molar-refractivity contribution in [2.45, 2.75) is 83.8 Å². The Kier molecular flexibility index (Phi) is 12.2. The Morgan fingerprint density at radius 2 is 1.26 bits per heavy atom. The lowest BCUT2D eigenvalue weighted by molar-refractivity contribution is 0.136. The highest BCUT2D eigenvalue weighted by Gasteiger charge is 2.42. The summed E-state index contributed by atoms with van der Waals surface area (Å²) in [5, 5.41) is 1.78. The molecule has 54 heavy (non-hydrogen) atoms. The van der Waals surface area contributed by atoms with Gasteiger partial charge in [-0.1, -0.05) is 27.7 Å². The van der Waals surface area contributed by atoms with Crippen LogP contribution in [0.4, 0.5) is 0 Å². The predicted molar refractivity (Wildman–Crippen MR) is 214 cm³/mol. The highest BCUT2D eigenvalue weighted by Crippen LogP contribution is 2.39. The number of aromatic nitrogens is 6.